The van der Waals surface area contributed by atoms with Crippen LogP contribution in [0.5, 0.6) is 34.5 Å². The van der Waals surface area contributed by atoms with Gasteiger partial charge in [0.15, 0.2) is 34.5 Å². The van der Waals surface area contributed by atoms with Crippen molar-refractivity contribution >= 4 is 32.3 Å². The molecular formula is C30H36O6. The number of aromatic hydroxyl groups is 4. The third kappa shape index (κ3) is 5.32. The van der Waals surface area contributed by atoms with Crippen LogP contribution >= 0.6 is 0 Å². The van der Waals surface area contributed by atoms with Crippen LogP contribution in [0.1, 0.15) is 65.2 Å². The molecule has 4 rings (SSSR count). The lowest BCUT2D eigenvalue weighted by Gasteiger charge is -2.17. The van der Waals surface area contributed by atoms with E-state index in [9.17, 15) is 20.4 Å². The zero-order valence-corrected chi connectivity index (χ0v) is 21.1. The fourth-order valence-electron chi connectivity index (χ4n) is 4.70. The Morgan fingerprint density at radius 2 is 0.750 bits per heavy atom. The molecule has 0 fully saturated rings. The summed E-state index contributed by atoms with van der Waals surface area (Å²) in [6.45, 7) is 5.50. The van der Waals surface area contributed by atoms with Gasteiger partial charge in [-0.25, -0.2) is 0 Å². The number of hydrogen-bond acceptors (Lipinski definition) is 6. The molecule has 0 amide bonds. The minimum absolute atomic E-state index is 0.232. The Balaban J connectivity index is 1.88. The molecule has 4 aromatic rings. The molecular weight excluding hydrogens is 456 g/mol. The Kier molecular flexibility index (Phi) is 8.14. The highest BCUT2D eigenvalue weighted by atomic mass is 16.5. The van der Waals surface area contributed by atoms with E-state index in [1.807, 2.05) is 12.1 Å². The highest BCUT2D eigenvalue weighted by Gasteiger charge is 2.18. The molecule has 36 heavy (non-hydrogen) atoms. The first-order valence-corrected chi connectivity index (χ1v) is 13.0. The van der Waals surface area contributed by atoms with Crippen LogP contribution in [-0.4, -0.2) is 33.6 Å². The van der Waals surface area contributed by atoms with Gasteiger partial charge in [0.2, 0.25) is 0 Å². The van der Waals surface area contributed by atoms with Crippen molar-refractivity contribution in [3.05, 3.63) is 36.4 Å². The predicted octanol–water partition coefficient (Wildman–Crippen LogP) is 7.89. The van der Waals surface area contributed by atoms with E-state index in [0.29, 0.717) is 46.3 Å². The topological polar surface area (TPSA) is 99.4 Å². The summed E-state index contributed by atoms with van der Waals surface area (Å²) in [6, 6.07) is 9.83. The molecule has 0 bridgehead atoms. The van der Waals surface area contributed by atoms with Gasteiger partial charge in [0.1, 0.15) is 0 Å². The minimum atomic E-state index is -0.254. The Bertz CT molecular complexity index is 1260. The molecule has 0 saturated heterocycles. The third-order valence-corrected chi connectivity index (χ3v) is 6.69. The van der Waals surface area contributed by atoms with E-state index in [0.717, 1.165) is 62.1 Å². The molecule has 192 valence electrons. The molecule has 0 saturated carbocycles. The largest absolute Gasteiger partial charge is 0.504 e. The fraction of sp³-hybridized carbons (Fsp3) is 0.400. The van der Waals surface area contributed by atoms with Gasteiger partial charge in [0.25, 0.3) is 0 Å². The van der Waals surface area contributed by atoms with Gasteiger partial charge in [-0.2, -0.15) is 0 Å². The molecule has 0 aromatic heterocycles. The number of phenolic OH excluding ortho intramolecular Hbond substituents is 4. The van der Waals surface area contributed by atoms with Crippen molar-refractivity contribution in [2.75, 3.05) is 13.2 Å². The van der Waals surface area contributed by atoms with E-state index in [1.165, 1.54) is 24.3 Å². The molecule has 0 unspecified atom stereocenters. The van der Waals surface area contributed by atoms with Crippen LogP contribution in [0.3, 0.4) is 0 Å². The lowest BCUT2D eigenvalue weighted by Crippen LogP contribution is -2.03. The number of rotatable bonds is 12. The van der Waals surface area contributed by atoms with Crippen molar-refractivity contribution in [3.63, 3.8) is 0 Å². The van der Waals surface area contributed by atoms with Gasteiger partial charge in [-0.1, -0.05) is 52.4 Å². The van der Waals surface area contributed by atoms with Gasteiger partial charge >= 0.3 is 0 Å². The summed E-state index contributed by atoms with van der Waals surface area (Å²) in [4.78, 5) is 0. The smallest absolute Gasteiger partial charge is 0.161 e. The SMILES string of the molecule is CCCCCCOc1cc2c3cc(O)c(O)cc3c3cc(O)c(O)cc3c2cc1OCCCCCC. The summed E-state index contributed by atoms with van der Waals surface area (Å²) in [6.07, 6.45) is 8.72. The van der Waals surface area contributed by atoms with E-state index in [4.69, 9.17) is 9.47 Å². The molecule has 4 aromatic carbocycles. The van der Waals surface area contributed by atoms with E-state index < -0.39 is 0 Å². The molecule has 0 radical (unpaired) electrons. The van der Waals surface area contributed by atoms with Gasteiger partial charge in [-0.05, 0) is 81.6 Å². The maximum atomic E-state index is 10.3. The maximum absolute atomic E-state index is 10.3. The summed E-state index contributed by atoms with van der Waals surface area (Å²) in [5.41, 5.74) is 0. The number of ether oxygens (including phenoxy) is 2. The highest BCUT2D eigenvalue weighted by Crippen LogP contribution is 2.46. The van der Waals surface area contributed by atoms with Gasteiger partial charge in [0.05, 0.1) is 13.2 Å². The molecule has 6 nitrogen and oxygen atoms in total. The Labute approximate surface area is 211 Å². The molecule has 0 aliphatic heterocycles. The fourth-order valence-corrected chi connectivity index (χ4v) is 4.70. The molecule has 0 aliphatic rings. The third-order valence-electron chi connectivity index (χ3n) is 6.69. The van der Waals surface area contributed by atoms with Gasteiger partial charge < -0.3 is 29.9 Å². The van der Waals surface area contributed by atoms with Crippen LogP contribution in [0, 0.1) is 0 Å². The monoisotopic (exact) mass is 492 g/mol. The second-order valence-electron chi connectivity index (χ2n) is 9.44. The zero-order valence-electron chi connectivity index (χ0n) is 21.1. The normalized spacial score (nSPS) is 11.5. The van der Waals surface area contributed by atoms with Crippen LogP contribution in [-0.2, 0) is 0 Å². The first kappa shape index (κ1) is 25.5. The van der Waals surface area contributed by atoms with Crippen LogP contribution < -0.4 is 9.47 Å². The molecule has 0 aliphatic carbocycles. The van der Waals surface area contributed by atoms with Gasteiger partial charge in [-0.15, -0.1) is 0 Å². The van der Waals surface area contributed by atoms with Crippen molar-refractivity contribution in [2.45, 2.75) is 65.2 Å². The summed E-state index contributed by atoms with van der Waals surface area (Å²) in [5, 5.41) is 45.3. The maximum Gasteiger partial charge on any atom is 0.161 e. The summed E-state index contributed by atoms with van der Waals surface area (Å²) < 4.78 is 12.4. The average Bonchev–Trinajstić information content (AvgIpc) is 2.86. The van der Waals surface area contributed by atoms with Crippen LogP contribution in [0.2, 0.25) is 0 Å². The predicted molar refractivity (Wildman–Crippen MR) is 145 cm³/mol. The lowest BCUT2D eigenvalue weighted by molar-refractivity contribution is 0.259. The second kappa shape index (κ2) is 11.5. The summed E-state index contributed by atoms with van der Waals surface area (Å²) in [7, 11) is 0. The minimum Gasteiger partial charge on any atom is -0.504 e. The van der Waals surface area contributed by atoms with Crippen molar-refractivity contribution in [1.29, 1.82) is 0 Å². The van der Waals surface area contributed by atoms with Crippen molar-refractivity contribution < 1.29 is 29.9 Å². The van der Waals surface area contributed by atoms with Crippen molar-refractivity contribution in [1.82, 2.24) is 0 Å². The molecule has 0 atom stereocenters. The average molecular weight is 493 g/mol. The number of hydrogen-bond donors (Lipinski definition) is 4. The van der Waals surface area contributed by atoms with Crippen LogP contribution in [0.15, 0.2) is 36.4 Å². The highest BCUT2D eigenvalue weighted by molar-refractivity contribution is 6.26. The van der Waals surface area contributed by atoms with E-state index in [1.54, 1.807) is 0 Å². The molecule has 0 heterocycles. The van der Waals surface area contributed by atoms with Crippen LogP contribution in [0.25, 0.3) is 32.3 Å². The van der Waals surface area contributed by atoms with Crippen molar-refractivity contribution in [2.24, 2.45) is 0 Å². The molecule has 4 N–H and O–H groups in total. The summed E-state index contributed by atoms with van der Waals surface area (Å²) in [5.74, 6) is 0.288. The first-order chi connectivity index (χ1) is 17.4. The van der Waals surface area contributed by atoms with E-state index in [-0.39, 0.29) is 23.0 Å². The molecule has 6 heteroatoms. The van der Waals surface area contributed by atoms with E-state index in [2.05, 4.69) is 13.8 Å². The molecule has 0 spiro atoms. The number of phenols is 4. The second-order valence-corrected chi connectivity index (χ2v) is 9.44. The van der Waals surface area contributed by atoms with Crippen LogP contribution in [0.4, 0.5) is 0 Å². The quantitative estimate of drug-likeness (QED) is 0.0912. The van der Waals surface area contributed by atoms with Crippen molar-refractivity contribution in [3.8, 4) is 34.5 Å². The first-order valence-electron chi connectivity index (χ1n) is 13.0. The Morgan fingerprint density at radius 3 is 1.06 bits per heavy atom. The standard InChI is InChI=1S/C30H36O6/c1-3-5-7-9-11-35-29-17-23-21-15-27(33)25(31)13-19(21)20-14-26(32)28(34)16-22(20)24(23)18-30(29)36-12-10-8-6-4-2/h13-18,31-34H,3-12H2,1-2H3. The number of fused-ring (bicyclic) bond motifs is 6. The van der Waals surface area contributed by atoms with Gasteiger partial charge in [0, 0.05) is 0 Å². The van der Waals surface area contributed by atoms with E-state index >= 15 is 0 Å². The Hall–Kier alpha value is -3.54. The van der Waals surface area contributed by atoms with Gasteiger partial charge in [-0.3, -0.25) is 0 Å². The number of unbranched alkanes of at least 4 members (excludes halogenated alkanes) is 6. The Morgan fingerprint density at radius 1 is 0.444 bits per heavy atom. The zero-order chi connectivity index (χ0) is 25.7. The lowest BCUT2D eigenvalue weighted by atomic mass is 9.93. The summed E-state index contributed by atoms with van der Waals surface area (Å²) >= 11 is 0. The number of benzene rings is 4.